The zero-order chi connectivity index (χ0) is 42.9. The van der Waals surface area contributed by atoms with E-state index in [2.05, 4.69) is 24.7 Å². The first-order chi connectivity index (χ1) is 30.1. The lowest BCUT2D eigenvalue weighted by Crippen LogP contribution is -2.38. The number of aromatic nitrogens is 7. The molecule has 0 spiro atoms. The second-order valence-electron chi connectivity index (χ2n) is 14.5. The SMILES string of the molecule is CS(=O)(=O)N(CS(=O)(=O)Nc1cccc(C(c2cccnc2)C(c2ccccc2)c2cccnc2)n1)c1cccc(C(c2cccnc2)C(c2cccnc2)c2ccccn2)n1. The fourth-order valence-corrected chi connectivity index (χ4v) is 10.3. The molecule has 8 aromatic rings. The Hall–Kier alpha value is -7.23. The van der Waals surface area contributed by atoms with E-state index in [-0.39, 0.29) is 17.6 Å². The van der Waals surface area contributed by atoms with Gasteiger partial charge in [0.15, 0.2) is 5.88 Å². The van der Waals surface area contributed by atoms with Crippen LogP contribution in [0, 0.1) is 0 Å². The Morgan fingerprint density at radius 1 is 0.468 bits per heavy atom. The van der Waals surface area contributed by atoms with Crippen LogP contribution in [-0.2, 0) is 20.0 Å². The van der Waals surface area contributed by atoms with E-state index < -0.39 is 43.7 Å². The first-order valence-electron chi connectivity index (χ1n) is 19.6. The van der Waals surface area contributed by atoms with Gasteiger partial charge < -0.3 is 0 Å². The molecule has 7 aromatic heterocycles. The van der Waals surface area contributed by atoms with Gasteiger partial charge in [-0.15, -0.1) is 0 Å². The number of nitrogens with zero attached hydrogens (tertiary/aromatic N) is 8. The van der Waals surface area contributed by atoms with E-state index in [9.17, 15) is 16.8 Å². The predicted molar refractivity (Wildman–Crippen MR) is 238 cm³/mol. The molecule has 13 nitrogen and oxygen atoms in total. The molecule has 7 heterocycles. The molecule has 0 aliphatic carbocycles. The first-order valence-corrected chi connectivity index (χ1v) is 23.1. The van der Waals surface area contributed by atoms with Gasteiger partial charge in [0.2, 0.25) is 10.0 Å². The summed E-state index contributed by atoms with van der Waals surface area (Å²) in [5, 5.41) is 0. The van der Waals surface area contributed by atoms with Crippen LogP contribution in [0.2, 0.25) is 0 Å². The van der Waals surface area contributed by atoms with Gasteiger partial charge in [-0.3, -0.25) is 29.6 Å². The van der Waals surface area contributed by atoms with E-state index >= 15 is 0 Å². The number of anilines is 2. The average Bonchev–Trinajstić information content (AvgIpc) is 3.30. The monoisotopic (exact) mass is 859 g/mol. The third-order valence-electron chi connectivity index (χ3n) is 10.4. The molecule has 4 atom stereocenters. The van der Waals surface area contributed by atoms with Crippen LogP contribution in [0.1, 0.15) is 68.6 Å². The molecule has 15 heteroatoms. The summed E-state index contributed by atoms with van der Waals surface area (Å²) in [5.74, 6) is -2.72. The second kappa shape index (κ2) is 18.6. The van der Waals surface area contributed by atoms with Crippen LogP contribution < -0.4 is 9.03 Å². The standard InChI is InChI=1S/C47H41N9O4S2/c1-61(57,58)56(43-23-8-21-41(54-43)47(38-18-12-27-51-32-38)45(36-16-10-25-49-30-36)39-19-5-6-28-52-39)33-62(59,60)55-42-22-7-20-40(53-42)46(37-17-11-26-50-31-37)44(34-13-3-2-4-14-34)35-15-9-24-48-29-35/h2-32,44-47H,33H2,1H3,(H,53,55). The topological polar surface area (TPSA) is 174 Å². The van der Waals surface area contributed by atoms with Crippen LogP contribution in [0.25, 0.3) is 0 Å². The summed E-state index contributed by atoms with van der Waals surface area (Å²) in [6.07, 6.45) is 16.5. The number of hydrogen-bond acceptors (Lipinski definition) is 11. The van der Waals surface area contributed by atoms with Gasteiger partial charge in [-0.2, -0.15) is 0 Å². The summed E-state index contributed by atoms with van der Waals surface area (Å²) < 4.78 is 58.8. The maximum atomic E-state index is 14.2. The minimum absolute atomic E-state index is 0.0101. The van der Waals surface area contributed by atoms with Gasteiger partial charge in [0, 0.05) is 85.1 Å². The summed E-state index contributed by atoms with van der Waals surface area (Å²) in [6.45, 7) is 0. The largest absolute Gasteiger partial charge is 0.266 e. The van der Waals surface area contributed by atoms with Gasteiger partial charge in [0.05, 0.1) is 17.6 Å². The van der Waals surface area contributed by atoms with E-state index in [4.69, 9.17) is 15.0 Å². The quantitative estimate of drug-likeness (QED) is 0.102. The van der Waals surface area contributed by atoms with Crippen molar-refractivity contribution in [3.8, 4) is 0 Å². The third-order valence-corrected chi connectivity index (χ3v) is 12.8. The third kappa shape index (κ3) is 9.70. The summed E-state index contributed by atoms with van der Waals surface area (Å²) in [4.78, 5) is 32.0. The van der Waals surface area contributed by atoms with Crippen molar-refractivity contribution >= 4 is 31.7 Å². The summed E-state index contributed by atoms with van der Waals surface area (Å²) in [5.41, 5.74) is 6.15. The molecule has 4 unspecified atom stereocenters. The second-order valence-corrected chi connectivity index (χ2v) is 18.1. The van der Waals surface area contributed by atoms with Gasteiger partial charge in [0.25, 0.3) is 10.0 Å². The number of sulfonamides is 2. The van der Waals surface area contributed by atoms with Gasteiger partial charge >= 0.3 is 0 Å². The highest BCUT2D eigenvalue weighted by atomic mass is 32.2. The van der Waals surface area contributed by atoms with Crippen LogP contribution in [0.3, 0.4) is 0 Å². The molecule has 310 valence electrons. The minimum Gasteiger partial charge on any atom is -0.266 e. The van der Waals surface area contributed by atoms with Crippen molar-refractivity contribution in [1.82, 2.24) is 34.9 Å². The number of rotatable bonds is 16. The Bertz CT molecular complexity index is 2850. The zero-order valence-electron chi connectivity index (χ0n) is 33.4. The lowest BCUT2D eigenvalue weighted by atomic mass is 9.76. The molecule has 8 rings (SSSR count). The van der Waals surface area contributed by atoms with E-state index in [0.717, 1.165) is 44.1 Å². The van der Waals surface area contributed by atoms with Crippen LogP contribution in [0.4, 0.5) is 11.6 Å². The van der Waals surface area contributed by atoms with Gasteiger partial charge in [0.1, 0.15) is 11.6 Å². The van der Waals surface area contributed by atoms with Crippen molar-refractivity contribution in [3.05, 3.63) is 234 Å². The van der Waals surface area contributed by atoms with Crippen molar-refractivity contribution in [1.29, 1.82) is 0 Å². The molecular weight excluding hydrogens is 819 g/mol. The molecule has 1 aromatic carbocycles. The summed E-state index contributed by atoms with van der Waals surface area (Å²) in [7, 11) is -8.66. The van der Waals surface area contributed by atoms with Crippen molar-refractivity contribution in [2.75, 3.05) is 21.2 Å². The number of hydrogen-bond donors (Lipinski definition) is 1. The molecule has 0 fully saturated rings. The minimum atomic E-state index is -4.44. The smallest absolute Gasteiger partial charge is 0.253 e. The highest BCUT2D eigenvalue weighted by molar-refractivity contribution is 7.96. The van der Waals surface area contributed by atoms with Crippen LogP contribution in [0.15, 0.2) is 189 Å². The molecule has 0 aliphatic heterocycles. The first kappa shape index (κ1) is 41.5. The van der Waals surface area contributed by atoms with E-state index in [1.165, 1.54) is 12.1 Å². The summed E-state index contributed by atoms with van der Waals surface area (Å²) >= 11 is 0. The van der Waals surface area contributed by atoms with E-state index in [1.54, 1.807) is 67.8 Å². The van der Waals surface area contributed by atoms with Gasteiger partial charge in [-0.1, -0.05) is 72.8 Å². The highest BCUT2D eigenvalue weighted by Crippen LogP contribution is 2.43. The van der Waals surface area contributed by atoms with Gasteiger partial charge in [-0.25, -0.2) is 31.1 Å². The molecule has 0 saturated carbocycles. The Kier molecular flexibility index (Phi) is 12.4. The van der Waals surface area contributed by atoms with Gasteiger partial charge in [-0.05, 0) is 88.5 Å². The highest BCUT2D eigenvalue weighted by Gasteiger charge is 2.34. The van der Waals surface area contributed by atoms with E-state index in [0.29, 0.717) is 11.4 Å². The molecule has 0 saturated heterocycles. The lowest BCUT2D eigenvalue weighted by Gasteiger charge is -2.29. The molecule has 0 radical (unpaired) electrons. The average molecular weight is 860 g/mol. The number of pyridine rings is 7. The molecule has 0 aliphatic rings. The number of benzene rings is 1. The molecule has 0 amide bonds. The summed E-state index contributed by atoms with van der Waals surface area (Å²) in [6, 6.07) is 40.8. The molecule has 0 bridgehead atoms. The zero-order valence-corrected chi connectivity index (χ0v) is 35.1. The van der Waals surface area contributed by atoms with Crippen LogP contribution in [0.5, 0.6) is 0 Å². The van der Waals surface area contributed by atoms with Crippen molar-refractivity contribution in [2.45, 2.75) is 23.7 Å². The predicted octanol–water partition coefficient (Wildman–Crippen LogP) is 7.55. The fourth-order valence-electron chi connectivity index (χ4n) is 7.75. The maximum absolute atomic E-state index is 14.2. The Morgan fingerprint density at radius 3 is 1.45 bits per heavy atom. The Balaban J connectivity index is 1.15. The van der Waals surface area contributed by atoms with Crippen molar-refractivity contribution in [2.24, 2.45) is 0 Å². The normalized spacial score (nSPS) is 13.6. The van der Waals surface area contributed by atoms with Crippen molar-refractivity contribution < 1.29 is 16.8 Å². The molecule has 62 heavy (non-hydrogen) atoms. The Labute approximate surface area is 360 Å². The van der Waals surface area contributed by atoms with Crippen molar-refractivity contribution in [3.63, 3.8) is 0 Å². The Morgan fingerprint density at radius 2 is 0.935 bits per heavy atom. The van der Waals surface area contributed by atoms with Crippen LogP contribution in [-0.4, -0.2) is 63.9 Å². The van der Waals surface area contributed by atoms with E-state index in [1.807, 2.05) is 109 Å². The maximum Gasteiger partial charge on any atom is 0.253 e. The lowest BCUT2D eigenvalue weighted by molar-refractivity contribution is 0.588. The fraction of sp³-hybridized carbons (Fsp3) is 0.128. The number of nitrogens with one attached hydrogen (secondary N) is 1. The molecule has 1 N–H and O–H groups in total. The molecular formula is C47H41N9O4S2. The van der Waals surface area contributed by atoms with Crippen LogP contribution >= 0.6 is 0 Å².